The molecular weight excluding hydrogens is 302 g/mol. The van der Waals surface area contributed by atoms with E-state index in [-0.39, 0.29) is 0 Å². The standard InChI is InChI=1S/C16H16ClN3O2/c1-11(19-20-16(18)21)13-4-8-15(9-5-13)22-10-12-2-6-14(17)7-3-12/h2-9H,10H2,1H3,(H3,18,20,21)/b19-11-. The number of rotatable bonds is 5. The first-order valence-electron chi connectivity index (χ1n) is 6.62. The predicted octanol–water partition coefficient (Wildman–Crippen LogP) is 3.31. The molecule has 5 nitrogen and oxygen atoms in total. The Bertz CT molecular complexity index is 667. The molecule has 2 rings (SSSR count). The number of carbonyl (C=O) groups excluding carboxylic acids is 1. The van der Waals surface area contributed by atoms with Gasteiger partial charge in [0.2, 0.25) is 0 Å². The van der Waals surface area contributed by atoms with E-state index in [9.17, 15) is 4.79 Å². The van der Waals surface area contributed by atoms with E-state index in [1.807, 2.05) is 48.5 Å². The van der Waals surface area contributed by atoms with Crippen LogP contribution in [0.25, 0.3) is 0 Å². The lowest BCUT2D eigenvalue weighted by atomic mass is 10.1. The third kappa shape index (κ3) is 4.79. The number of primary amides is 1. The second kappa shape index (κ2) is 7.47. The Labute approximate surface area is 133 Å². The van der Waals surface area contributed by atoms with Crippen LogP contribution in [0.3, 0.4) is 0 Å². The van der Waals surface area contributed by atoms with Gasteiger partial charge in [0, 0.05) is 5.02 Å². The fourth-order valence-electron chi connectivity index (χ4n) is 1.74. The number of carbonyl (C=O) groups is 1. The molecule has 22 heavy (non-hydrogen) atoms. The molecule has 0 saturated heterocycles. The Morgan fingerprint density at radius 2 is 1.82 bits per heavy atom. The molecule has 0 spiro atoms. The Kier molecular flexibility index (Phi) is 5.38. The van der Waals surface area contributed by atoms with Crippen LogP contribution in [-0.4, -0.2) is 11.7 Å². The minimum Gasteiger partial charge on any atom is -0.489 e. The predicted molar refractivity (Wildman–Crippen MR) is 87.2 cm³/mol. The highest BCUT2D eigenvalue weighted by molar-refractivity contribution is 6.30. The molecule has 0 aromatic heterocycles. The number of nitrogens with one attached hydrogen (secondary N) is 1. The number of nitrogens with two attached hydrogens (primary N) is 1. The van der Waals surface area contributed by atoms with Crippen LogP contribution in [0.4, 0.5) is 4.79 Å². The number of amides is 2. The van der Waals surface area contributed by atoms with Crippen molar-refractivity contribution in [2.75, 3.05) is 0 Å². The topological polar surface area (TPSA) is 76.7 Å². The maximum atomic E-state index is 10.6. The highest BCUT2D eigenvalue weighted by Gasteiger charge is 2.00. The summed E-state index contributed by atoms with van der Waals surface area (Å²) in [7, 11) is 0. The number of nitrogens with zero attached hydrogens (tertiary/aromatic N) is 1. The summed E-state index contributed by atoms with van der Waals surface area (Å²) in [5.41, 5.74) is 9.72. The number of hydrazone groups is 1. The monoisotopic (exact) mass is 317 g/mol. The molecule has 0 radical (unpaired) electrons. The molecule has 0 heterocycles. The van der Waals surface area contributed by atoms with E-state index in [1.165, 1.54) is 0 Å². The van der Waals surface area contributed by atoms with Gasteiger partial charge in [-0.05, 0) is 54.4 Å². The molecular formula is C16H16ClN3O2. The van der Waals surface area contributed by atoms with Crippen molar-refractivity contribution in [1.29, 1.82) is 0 Å². The van der Waals surface area contributed by atoms with Gasteiger partial charge >= 0.3 is 6.03 Å². The molecule has 0 unspecified atom stereocenters. The summed E-state index contributed by atoms with van der Waals surface area (Å²) < 4.78 is 5.69. The van der Waals surface area contributed by atoms with Crippen molar-refractivity contribution < 1.29 is 9.53 Å². The average Bonchev–Trinajstić information content (AvgIpc) is 2.52. The van der Waals surface area contributed by atoms with Crippen molar-refractivity contribution in [2.24, 2.45) is 10.8 Å². The average molecular weight is 318 g/mol. The third-order valence-corrected chi connectivity index (χ3v) is 3.18. The van der Waals surface area contributed by atoms with E-state index in [2.05, 4.69) is 10.5 Å². The normalized spacial score (nSPS) is 11.1. The van der Waals surface area contributed by atoms with Gasteiger partial charge in [0.05, 0.1) is 5.71 Å². The zero-order valence-corrected chi connectivity index (χ0v) is 12.8. The minimum absolute atomic E-state index is 0.465. The molecule has 0 atom stereocenters. The van der Waals surface area contributed by atoms with Crippen LogP contribution in [0.15, 0.2) is 53.6 Å². The van der Waals surface area contributed by atoms with Crippen LogP contribution in [-0.2, 0) is 6.61 Å². The first kappa shape index (κ1) is 15.9. The lowest BCUT2D eigenvalue weighted by molar-refractivity contribution is 0.249. The van der Waals surface area contributed by atoms with E-state index in [1.54, 1.807) is 6.92 Å². The number of hydrogen-bond acceptors (Lipinski definition) is 3. The fraction of sp³-hybridized carbons (Fsp3) is 0.125. The van der Waals surface area contributed by atoms with Crippen molar-refractivity contribution in [3.8, 4) is 5.75 Å². The minimum atomic E-state index is -0.692. The van der Waals surface area contributed by atoms with Crippen molar-refractivity contribution >= 4 is 23.3 Å². The van der Waals surface area contributed by atoms with Gasteiger partial charge < -0.3 is 10.5 Å². The molecule has 114 valence electrons. The summed E-state index contributed by atoms with van der Waals surface area (Å²) in [6.07, 6.45) is 0. The largest absolute Gasteiger partial charge is 0.489 e. The first-order valence-corrected chi connectivity index (χ1v) is 7.00. The van der Waals surface area contributed by atoms with Crippen LogP contribution in [0.1, 0.15) is 18.1 Å². The fourth-order valence-corrected chi connectivity index (χ4v) is 1.87. The second-order valence-electron chi connectivity index (χ2n) is 4.61. The zero-order chi connectivity index (χ0) is 15.9. The molecule has 6 heteroatoms. The van der Waals surface area contributed by atoms with Gasteiger partial charge in [0.15, 0.2) is 0 Å². The smallest absolute Gasteiger partial charge is 0.332 e. The maximum absolute atomic E-state index is 10.6. The highest BCUT2D eigenvalue weighted by atomic mass is 35.5. The van der Waals surface area contributed by atoms with Crippen molar-refractivity contribution in [2.45, 2.75) is 13.5 Å². The van der Waals surface area contributed by atoms with Gasteiger partial charge in [0.1, 0.15) is 12.4 Å². The maximum Gasteiger partial charge on any atom is 0.332 e. The van der Waals surface area contributed by atoms with Gasteiger partial charge in [-0.15, -0.1) is 0 Å². The van der Waals surface area contributed by atoms with Gasteiger partial charge in [0.25, 0.3) is 0 Å². The van der Waals surface area contributed by atoms with E-state index >= 15 is 0 Å². The molecule has 0 fully saturated rings. The summed E-state index contributed by atoms with van der Waals surface area (Å²) in [4.78, 5) is 10.6. The summed E-state index contributed by atoms with van der Waals surface area (Å²) in [5, 5.41) is 4.57. The van der Waals surface area contributed by atoms with Crippen LogP contribution in [0.2, 0.25) is 5.02 Å². The highest BCUT2D eigenvalue weighted by Crippen LogP contribution is 2.16. The SMILES string of the molecule is C/C(=N/NC(N)=O)c1ccc(OCc2ccc(Cl)cc2)cc1. The number of ether oxygens (including phenoxy) is 1. The number of hydrogen-bond donors (Lipinski definition) is 2. The number of benzene rings is 2. The molecule has 2 amide bonds. The van der Waals surface area contributed by atoms with Crippen LogP contribution < -0.4 is 15.9 Å². The molecule has 2 aromatic rings. The zero-order valence-electron chi connectivity index (χ0n) is 12.0. The van der Waals surface area contributed by atoms with Gasteiger partial charge in [-0.25, -0.2) is 10.2 Å². The van der Waals surface area contributed by atoms with E-state index in [4.69, 9.17) is 22.1 Å². The summed E-state index contributed by atoms with van der Waals surface area (Å²) in [6, 6.07) is 14.2. The van der Waals surface area contributed by atoms with E-state index < -0.39 is 6.03 Å². The van der Waals surface area contributed by atoms with Crippen molar-refractivity contribution in [3.63, 3.8) is 0 Å². The van der Waals surface area contributed by atoms with Gasteiger partial charge in [-0.2, -0.15) is 5.10 Å². The van der Waals surface area contributed by atoms with Crippen LogP contribution >= 0.6 is 11.6 Å². The quantitative estimate of drug-likeness (QED) is 0.655. The molecule has 0 aliphatic heterocycles. The third-order valence-electron chi connectivity index (χ3n) is 2.92. The summed E-state index contributed by atoms with van der Waals surface area (Å²) >= 11 is 5.84. The van der Waals surface area contributed by atoms with E-state index in [0.717, 1.165) is 16.9 Å². The Balaban J connectivity index is 1.95. The Hall–Kier alpha value is -2.53. The van der Waals surface area contributed by atoms with Crippen LogP contribution in [0.5, 0.6) is 5.75 Å². The summed E-state index contributed by atoms with van der Waals surface area (Å²) in [6.45, 7) is 2.24. The van der Waals surface area contributed by atoms with Gasteiger partial charge in [-0.1, -0.05) is 23.7 Å². The van der Waals surface area contributed by atoms with E-state index in [0.29, 0.717) is 17.3 Å². The number of halogens is 1. The Morgan fingerprint density at radius 3 is 2.41 bits per heavy atom. The molecule has 0 bridgehead atoms. The van der Waals surface area contributed by atoms with Crippen molar-refractivity contribution in [3.05, 3.63) is 64.7 Å². The second-order valence-corrected chi connectivity index (χ2v) is 5.05. The van der Waals surface area contributed by atoms with Crippen LogP contribution in [0, 0.1) is 0 Å². The van der Waals surface area contributed by atoms with Gasteiger partial charge in [-0.3, -0.25) is 0 Å². The lowest BCUT2D eigenvalue weighted by Gasteiger charge is -2.07. The molecule has 0 saturated carbocycles. The first-order chi connectivity index (χ1) is 10.5. The molecule has 0 aliphatic rings. The molecule has 2 aromatic carbocycles. The summed E-state index contributed by atoms with van der Waals surface area (Å²) in [5.74, 6) is 0.745. The Morgan fingerprint density at radius 1 is 1.18 bits per heavy atom. The lowest BCUT2D eigenvalue weighted by Crippen LogP contribution is -2.25. The van der Waals surface area contributed by atoms with Crippen molar-refractivity contribution in [1.82, 2.24) is 5.43 Å². The number of urea groups is 1. The molecule has 3 N–H and O–H groups in total. The molecule has 0 aliphatic carbocycles.